The lowest BCUT2D eigenvalue weighted by molar-refractivity contribution is 0.565. The van der Waals surface area contributed by atoms with E-state index in [1.165, 1.54) is 0 Å². The Hall–Kier alpha value is -1.75. The van der Waals surface area contributed by atoms with Gasteiger partial charge in [-0.3, -0.25) is 0 Å². The maximum absolute atomic E-state index is 5.31. The molecule has 0 saturated heterocycles. The molecule has 0 radical (unpaired) electrons. The first-order chi connectivity index (χ1) is 8.75. The van der Waals surface area contributed by atoms with E-state index in [0.29, 0.717) is 0 Å². The molecule has 2 heterocycles. The quantitative estimate of drug-likeness (QED) is 0.827. The first kappa shape index (κ1) is 12.7. The molecule has 0 aliphatic rings. The van der Waals surface area contributed by atoms with Gasteiger partial charge in [0.15, 0.2) is 5.76 Å². The zero-order valence-electron chi connectivity index (χ0n) is 10.4. The van der Waals surface area contributed by atoms with Crippen LogP contribution >= 0.6 is 11.8 Å². The molecule has 0 bridgehead atoms. The summed E-state index contributed by atoms with van der Waals surface area (Å²) >= 11 is 1.66. The molecule has 0 amide bonds. The van der Waals surface area contributed by atoms with Crippen molar-refractivity contribution in [2.45, 2.75) is 5.75 Å². The minimum absolute atomic E-state index is 0.749. The fourth-order valence-electron chi connectivity index (χ4n) is 1.32. The number of hydrogen-bond donors (Lipinski definition) is 0. The maximum atomic E-state index is 5.31. The molecular weight excluding hydrogens is 246 g/mol. The molecule has 0 aliphatic carbocycles. The van der Waals surface area contributed by atoms with E-state index in [9.17, 15) is 0 Å². The van der Waals surface area contributed by atoms with Crippen LogP contribution in [0, 0.1) is 0 Å². The van der Waals surface area contributed by atoms with Crippen molar-refractivity contribution < 1.29 is 4.42 Å². The minimum atomic E-state index is 0.749. The van der Waals surface area contributed by atoms with E-state index >= 15 is 0 Å². The Labute approximate surface area is 111 Å². The van der Waals surface area contributed by atoms with Gasteiger partial charge < -0.3 is 9.32 Å². The Balaban J connectivity index is 2.00. The topological polar surface area (TPSA) is 42.2 Å². The lowest BCUT2D eigenvalue weighted by Gasteiger charge is -2.03. The van der Waals surface area contributed by atoms with Crippen LogP contribution in [0.25, 0.3) is 11.5 Å². The molecular formula is C13H15N3OS. The van der Waals surface area contributed by atoms with Gasteiger partial charge in [-0.2, -0.15) is 0 Å². The molecule has 0 spiro atoms. The second-order valence-corrected chi connectivity index (χ2v) is 4.79. The summed E-state index contributed by atoms with van der Waals surface area (Å²) in [5, 5.41) is 2.03. The zero-order valence-corrected chi connectivity index (χ0v) is 11.2. The predicted molar refractivity (Wildman–Crippen MR) is 73.9 cm³/mol. The minimum Gasteiger partial charge on any atom is -0.463 e. The highest BCUT2D eigenvalue weighted by Gasteiger charge is 2.03. The second-order valence-electron chi connectivity index (χ2n) is 3.90. The summed E-state index contributed by atoms with van der Waals surface area (Å²) < 4.78 is 5.31. The highest BCUT2D eigenvalue weighted by molar-refractivity contribution is 8.01. The molecule has 2 rings (SSSR count). The third kappa shape index (κ3) is 3.63. The smallest absolute Gasteiger partial charge is 0.152 e. The second kappa shape index (κ2) is 6.26. The molecule has 18 heavy (non-hydrogen) atoms. The third-order valence-corrected chi connectivity index (χ3v) is 2.89. The monoisotopic (exact) mass is 261 g/mol. The van der Waals surface area contributed by atoms with Gasteiger partial charge in [0.2, 0.25) is 0 Å². The van der Waals surface area contributed by atoms with Crippen molar-refractivity contribution in [3.8, 4) is 11.5 Å². The van der Waals surface area contributed by atoms with E-state index in [0.717, 1.165) is 23.0 Å². The van der Waals surface area contributed by atoms with Crippen LogP contribution in [-0.2, 0) is 5.75 Å². The number of nitrogens with zero attached hydrogens (tertiary/aromatic N) is 3. The normalized spacial score (nSPS) is 11.0. The molecule has 0 aromatic carbocycles. The zero-order chi connectivity index (χ0) is 12.8. The fraction of sp³-hybridized carbons (Fsp3) is 0.231. The Morgan fingerprint density at radius 1 is 1.39 bits per heavy atom. The Morgan fingerprint density at radius 2 is 2.28 bits per heavy atom. The lowest BCUT2D eigenvalue weighted by Crippen LogP contribution is -1.99. The number of furan rings is 1. The van der Waals surface area contributed by atoms with Gasteiger partial charge in [0.1, 0.15) is 11.5 Å². The van der Waals surface area contributed by atoms with E-state index in [2.05, 4.69) is 9.97 Å². The van der Waals surface area contributed by atoms with Crippen LogP contribution in [0.5, 0.6) is 0 Å². The Kier molecular flexibility index (Phi) is 4.41. The van der Waals surface area contributed by atoms with E-state index in [4.69, 9.17) is 4.42 Å². The summed E-state index contributed by atoms with van der Waals surface area (Å²) in [5.41, 5.74) is 0.821. The van der Waals surface area contributed by atoms with E-state index in [1.54, 1.807) is 24.2 Å². The van der Waals surface area contributed by atoms with Crippen molar-refractivity contribution in [3.05, 3.63) is 48.1 Å². The van der Waals surface area contributed by atoms with Crippen LogP contribution in [0.4, 0.5) is 0 Å². The molecule has 0 atom stereocenters. The summed E-state index contributed by atoms with van der Waals surface area (Å²) in [6, 6.07) is 5.60. The molecule has 2 aromatic rings. The number of aromatic nitrogens is 2. The van der Waals surface area contributed by atoms with Crippen LogP contribution in [-0.4, -0.2) is 29.0 Å². The molecule has 4 nitrogen and oxygen atoms in total. The van der Waals surface area contributed by atoms with Crippen LogP contribution in [0.3, 0.4) is 0 Å². The summed E-state index contributed by atoms with van der Waals surface area (Å²) in [6.45, 7) is 0. The van der Waals surface area contributed by atoms with Gasteiger partial charge in [-0.25, -0.2) is 9.97 Å². The standard InChI is InChI=1S/C13H15N3OS/c1-16(2)7-9-18-10-13-14-6-5-11(15-13)12-4-3-8-17-12/h3-9H,10H2,1-2H3/b9-7-. The van der Waals surface area contributed by atoms with Gasteiger partial charge >= 0.3 is 0 Å². The number of rotatable bonds is 5. The van der Waals surface area contributed by atoms with E-state index in [-0.39, 0.29) is 0 Å². The van der Waals surface area contributed by atoms with Crippen molar-refractivity contribution >= 4 is 11.8 Å². The summed E-state index contributed by atoms with van der Waals surface area (Å²) in [7, 11) is 3.98. The lowest BCUT2D eigenvalue weighted by atomic mass is 10.3. The molecule has 0 unspecified atom stereocenters. The van der Waals surface area contributed by atoms with Crippen molar-refractivity contribution in [1.82, 2.24) is 14.9 Å². The van der Waals surface area contributed by atoms with Crippen LogP contribution in [0.2, 0.25) is 0 Å². The van der Waals surface area contributed by atoms with E-state index in [1.807, 2.05) is 48.8 Å². The van der Waals surface area contributed by atoms with Crippen LogP contribution in [0.15, 0.2) is 46.7 Å². The average molecular weight is 261 g/mol. The van der Waals surface area contributed by atoms with Crippen LogP contribution < -0.4 is 0 Å². The predicted octanol–water partition coefficient (Wildman–Crippen LogP) is 3.00. The summed E-state index contributed by atoms with van der Waals surface area (Å²) in [5.74, 6) is 2.32. The van der Waals surface area contributed by atoms with Crippen LogP contribution in [0.1, 0.15) is 5.82 Å². The van der Waals surface area contributed by atoms with Gasteiger partial charge in [-0.1, -0.05) is 0 Å². The summed E-state index contributed by atoms with van der Waals surface area (Å²) in [4.78, 5) is 10.7. The molecule has 0 saturated carbocycles. The van der Waals surface area contributed by atoms with Gasteiger partial charge in [-0.15, -0.1) is 11.8 Å². The summed E-state index contributed by atoms with van der Waals surface area (Å²) in [6.07, 6.45) is 5.41. The molecule has 94 valence electrons. The SMILES string of the molecule is CN(C)/C=C\SCc1nccc(-c2ccco2)n1. The Bertz CT molecular complexity index is 509. The van der Waals surface area contributed by atoms with Crippen molar-refractivity contribution in [2.75, 3.05) is 14.1 Å². The molecule has 5 heteroatoms. The first-order valence-corrected chi connectivity index (χ1v) is 6.61. The average Bonchev–Trinajstić information content (AvgIpc) is 2.89. The van der Waals surface area contributed by atoms with Crippen molar-refractivity contribution in [3.63, 3.8) is 0 Å². The maximum Gasteiger partial charge on any atom is 0.152 e. The molecule has 0 N–H and O–H groups in total. The largest absolute Gasteiger partial charge is 0.463 e. The first-order valence-electron chi connectivity index (χ1n) is 5.56. The molecule has 0 fully saturated rings. The van der Waals surface area contributed by atoms with Gasteiger partial charge in [0.25, 0.3) is 0 Å². The number of hydrogen-bond acceptors (Lipinski definition) is 5. The van der Waals surface area contributed by atoms with E-state index < -0.39 is 0 Å². The van der Waals surface area contributed by atoms with Crippen molar-refractivity contribution in [1.29, 1.82) is 0 Å². The molecule has 0 aliphatic heterocycles. The highest BCUT2D eigenvalue weighted by atomic mass is 32.2. The van der Waals surface area contributed by atoms with Gasteiger partial charge in [0.05, 0.1) is 12.0 Å². The third-order valence-electron chi connectivity index (χ3n) is 2.15. The number of thioether (sulfide) groups is 1. The van der Waals surface area contributed by atoms with Gasteiger partial charge in [0, 0.05) is 26.5 Å². The fourth-order valence-corrected chi connectivity index (χ4v) is 2.03. The van der Waals surface area contributed by atoms with Crippen molar-refractivity contribution in [2.24, 2.45) is 0 Å². The Morgan fingerprint density at radius 3 is 3.00 bits per heavy atom. The molecule has 2 aromatic heterocycles. The highest BCUT2D eigenvalue weighted by Crippen LogP contribution is 2.18. The van der Waals surface area contributed by atoms with Gasteiger partial charge in [-0.05, 0) is 23.6 Å².